The summed E-state index contributed by atoms with van der Waals surface area (Å²) >= 11 is 0. The van der Waals surface area contributed by atoms with Crippen LogP contribution in [-0.4, -0.2) is 33.3 Å². The highest BCUT2D eigenvalue weighted by atomic mass is 16.5. The van der Waals surface area contributed by atoms with Gasteiger partial charge in [-0.05, 0) is 19.8 Å². The van der Waals surface area contributed by atoms with Gasteiger partial charge in [-0.15, -0.1) is 0 Å². The molecule has 0 saturated carbocycles. The van der Waals surface area contributed by atoms with Crippen molar-refractivity contribution in [3.63, 3.8) is 0 Å². The maximum absolute atomic E-state index is 5.92. The van der Waals surface area contributed by atoms with Gasteiger partial charge in [0.25, 0.3) is 0 Å². The van der Waals surface area contributed by atoms with Gasteiger partial charge in [-0.3, -0.25) is 10.1 Å². The number of hydrogen-bond donors (Lipinski definition) is 2. The summed E-state index contributed by atoms with van der Waals surface area (Å²) in [6.07, 6.45) is 9.51. The van der Waals surface area contributed by atoms with E-state index in [1.165, 1.54) is 0 Å². The highest BCUT2D eigenvalue weighted by Gasteiger charge is 2.28. The van der Waals surface area contributed by atoms with Gasteiger partial charge in [0, 0.05) is 43.2 Å². The minimum atomic E-state index is 0.104. The summed E-state index contributed by atoms with van der Waals surface area (Å²) in [7, 11) is 0. The number of anilines is 1. The van der Waals surface area contributed by atoms with Crippen LogP contribution in [0.5, 0.6) is 0 Å². The monoisotopic (exact) mass is 273 g/mol. The van der Waals surface area contributed by atoms with E-state index in [1.807, 2.05) is 19.3 Å². The Balaban J connectivity index is 1.67. The highest BCUT2D eigenvalue weighted by molar-refractivity contribution is 5.38. The average molecular weight is 273 g/mol. The molecule has 3 rings (SSSR count). The minimum Gasteiger partial charge on any atom is -0.373 e. The number of ether oxygens (including phenoxy) is 1. The molecule has 20 heavy (non-hydrogen) atoms. The van der Waals surface area contributed by atoms with E-state index in [-0.39, 0.29) is 6.10 Å². The van der Waals surface area contributed by atoms with Gasteiger partial charge < -0.3 is 10.1 Å². The van der Waals surface area contributed by atoms with Crippen LogP contribution in [0.25, 0.3) is 0 Å². The van der Waals surface area contributed by atoms with Gasteiger partial charge in [0.15, 0.2) is 0 Å². The molecule has 0 aromatic carbocycles. The fourth-order valence-corrected chi connectivity index (χ4v) is 2.65. The zero-order valence-corrected chi connectivity index (χ0v) is 11.5. The van der Waals surface area contributed by atoms with Gasteiger partial charge in [-0.1, -0.05) is 0 Å². The van der Waals surface area contributed by atoms with E-state index < -0.39 is 0 Å². The maximum Gasteiger partial charge on any atom is 0.147 e. The van der Waals surface area contributed by atoms with E-state index in [0.29, 0.717) is 5.92 Å². The summed E-state index contributed by atoms with van der Waals surface area (Å²) in [4.78, 5) is 8.56. The number of rotatable bonds is 4. The third-order valence-electron chi connectivity index (χ3n) is 3.71. The first-order valence-corrected chi connectivity index (χ1v) is 6.96. The Hall–Kier alpha value is -1.95. The fourth-order valence-electron chi connectivity index (χ4n) is 2.65. The quantitative estimate of drug-likeness (QED) is 0.892. The average Bonchev–Trinajstić information content (AvgIpc) is 3.01. The number of hydrogen-bond acceptors (Lipinski definition) is 5. The second kappa shape index (κ2) is 6.00. The molecule has 0 bridgehead atoms. The molecule has 1 saturated heterocycles. The molecule has 6 heteroatoms. The van der Waals surface area contributed by atoms with Gasteiger partial charge in [0.1, 0.15) is 5.82 Å². The van der Waals surface area contributed by atoms with Gasteiger partial charge in [-0.25, -0.2) is 4.98 Å². The molecule has 1 aliphatic heterocycles. The van der Waals surface area contributed by atoms with E-state index in [4.69, 9.17) is 4.74 Å². The molecule has 0 aliphatic carbocycles. The molecule has 2 atom stereocenters. The third kappa shape index (κ3) is 2.80. The van der Waals surface area contributed by atoms with Crippen LogP contribution in [0.3, 0.4) is 0 Å². The molecular weight excluding hydrogens is 254 g/mol. The van der Waals surface area contributed by atoms with Crippen molar-refractivity contribution in [3.05, 3.63) is 36.0 Å². The van der Waals surface area contributed by atoms with Gasteiger partial charge in [-0.2, -0.15) is 5.10 Å². The van der Waals surface area contributed by atoms with E-state index in [1.54, 1.807) is 12.4 Å². The number of aromatic amines is 1. The molecule has 0 spiro atoms. The van der Waals surface area contributed by atoms with Crippen molar-refractivity contribution in [1.29, 1.82) is 0 Å². The molecule has 6 nitrogen and oxygen atoms in total. The standard InChI is InChI=1S/C14H19N5O/c1-10-14(16-5-4-15-10)17-7-11-3-2-6-20-13(11)12-8-18-19-9-12/h4-5,8-9,11,13H,2-3,6-7H2,1H3,(H,16,17)(H,18,19)/t11-,13+/m0/s1. The summed E-state index contributed by atoms with van der Waals surface area (Å²) in [5.74, 6) is 1.27. The molecule has 1 aliphatic rings. The number of nitrogens with zero attached hydrogens (tertiary/aromatic N) is 3. The van der Waals surface area contributed by atoms with Crippen LogP contribution in [0.1, 0.15) is 30.2 Å². The Morgan fingerprint density at radius 3 is 3.10 bits per heavy atom. The lowest BCUT2D eigenvalue weighted by Crippen LogP contribution is -2.28. The Bertz CT molecular complexity index is 542. The number of H-pyrrole nitrogens is 1. The van der Waals surface area contributed by atoms with E-state index in [0.717, 1.165) is 43.1 Å². The second-order valence-corrected chi connectivity index (χ2v) is 5.10. The van der Waals surface area contributed by atoms with Crippen molar-refractivity contribution < 1.29 is 4.74 Å². The van der Waals surface area contributed by atoms with Crippen LogP contribution in [0.4, 0.5) is 5.82 Å². The van der Waals surface area contributed by atoms with Gasteiger partial charge in [0.05, 0.1) is 18.0 Å². The lowest BCUT2D eigenvalue weighted by molar-refractivity contribution is -0.0238. The number of aryl methyl sites for hydroxylation is 1. The maximum atomic E-state index is 5.92. The largest absolute Gasteiger partial charge is 0.373 e. The summed E-state index contributed by atoms with van der Waals surface area (Å²) in [6.45, 7) is 3.60. The SMILES string of the molecule is Cc1nccnc1NC[C@@H]1CCCO[C@H]1c1cn[nH]c1. The van der Waals surface area contributed by atoms with Crippen LogP contribution in [0, 0.1) is 12.8 Å². The first-order chi connectivity index (χ1) is 9.84. The molecule has 0 unspecified atom stereocenters. The summed E-state index contributed by atoms with van der Waals surface area (Å²) in [5, 5.41) is 10.3. The smallest absolute Gasteiger partial charge is 0.147 e. The second-order valence-electron chi connectivity index (χ2n) is 5.10. The normalized spacial score (nSPS) is 22.6. The van der Waals surface area contributed by atoms with Crippen molar-refractivity contribution in [1.82, 2.24) is 20.2 Å². The van der Waals surface area contributed by atoms with Crippen molar-refractivity contribution in [2.75, 3.05) is 18.5 Å². The molecular formula is C14H19N5O. The lowest BCUT2D eigenvalue weighted by atomic mass is 9.91. The van der Waals surface area contributed by atoms with Crippen LogP contribution in [0.2, 0.25) is 0 Å². The van der Waals surface area contributed by atoms with Gasteiger partial charge in [0.2, 0.25) is 0 Å². The minimum absolute atomic E-state index is 0.104. The van der Waals surface area contributed by atoms with Crippen molar-refractivity contribution in [3.8, 4) is 0 Å². The molecule has 0 amide bonds. The van der Waals surface area contributed by atoms with E-state index in [2.05, 4.69) is 25.5 Å². The third-order valence-corrected chi connectivity index (χ3v) is 3.71. The van der Waals surface area contributed by atoms with E-state index >= 15 is 0 Å². The Morgan fingerprint density at radius 2 is 2.30 bits per heavy atom. The zero-order chi connectivity index (χ0) is 13.8. The van der Waals surface area contributed by atoms with Crippen LogP contribution in [0.15, 0.2) is 24.8 Å². The van der Waals surface area contributed by atoms with Crippen molar-refractivity contribution >= 4 is 5.82 Å². The lowest BCUT2D eigenvalue weighted by Gasteiger charge is -2.31. The predicted molar refractivity (Wildman–Crippen MR) is 75.3 cm³/mol. The summed E-state index contributed by atoms with van der Waals surface area (Å²) < 4.78 is 5.92. The summed E-state index contributed by atoms with van der Waals surface area (Å²) in [5.41, 5.74) is 2.04. The molecule has 106 valence electrons. The van der Waals surface area contributed by atoms with Crippen LogP contribution < -0.4 is 5.32 Å². The van der Waals surface area contributed by atoms with Crippen LogP contribution >= 0.6 is 0 Å². The first-order valence-electron chi connectivity index (χ1n) is 6.96. The van der Waals surface area contributed by atoms with Crippen LogP contribution in [-0.2, 0) is 4.74 Å². The molecule has 0 radical (unpaired) electrons. The molecule has 1 fully saturated rings. The van der Waals surface area contributed by atoms with Crippen molar-refractivity contribution in [2.45, 2.75) is 25.9 Å². The fraction of sp³-hybridized carbons (Fsp3) is 0.500. The number of nitrogens with one attached hydrogen (secondary N) is 2. The summed E-state index contributed by atoms with van der Waals surface area (Å²) in [6, 6.07) is 0. The Kier molecular flexibility index (Phi) is 3.92. The van der Waals surface area contributed by atoms with E-state index in [9.17, 15) is 0 Å². The zero-order valence-electron chi connectivity index (χ0n) is 11.5. The van der Waals surface area contributed by atoms with Crippen molar-refractivity contribution in [2.24, 2.45) is 5.92 Å². The molecule has 3 heterocycles. The first kappa shape index (κ1) is 13.1. The highest BCUT2D eigenvalue weighted by Crippen LogP contribution is 2.33. The molecule has 2 aromatic heterocycles. The Morgan fingerprint density at radius 1 is 1.40 bits per heavy atom. The predicted octanol–water partition coefficient (Wildman–Crippen LogP) is 2.09. The van der Waals surface area contributed by atoms with Gasteiger partial charge >= 0.3 is 0 Å². The Labute approximate surface area is 118 Å². The molecule has 2 aromatic rings. The molecule has 2 N–H and O–H groups in total. The topological polar surface area (TPSA) is 75.7 Å². The number of aromatic nitrogens is 4.